The number of primary amides is 1. The third kappa shape index (κ3) is 40.1. The van der Waals surface area contributed by atoms with Crippen LogP contribution < -0.4 is 115 Å². The van der Waals surface area contributed by atoms with E-state index in [4.69, 9.17) is 45.9 Å². The van der Waals surface area contributed by atoms with Gasteiger partial charge in [-0.15, -0.1) is 0 Å². The molecule has 0 rings (SSSR count). The van der Waals surface area contributed by atoms with E-state index in [0.29, 0.717) is 77.4 Å². The van der Waals surface area contributed by atoms with E-state index in [1.54, 1.807) is 48.5 Å². The Labute approximate surface area is 636 Å². The number of hydrogen-bond donors (Lipinski definition) is 23. The Kier molecular flexibility index (Phi) is 50.7. The summed E-state index contributed by atoms with van der Waals surface area (Å²) >= 11 is 0. The highest BCUT2D eigenvalue weighted by atomic mass is 16.3. The lowest BCUT2D eigenvalue weighted by atomic mass is 9.96. The van der Waals surface area contributed by atoms with Gasteiger partial charge in [-0.25, -0.2) is 0 Å². The highest BCUT2D eigenvalue weighted by Crippen LogP contribution is 2.16. The lowest BCUT2D eigenvalue weighted by molar-refractivity contribution is -0.137. The minimum absolute atomic E-state index is 0.0254. The first-order chi connectivity index (χ1) is 50.9. The van der Waals surface area contributed by atoms with Gasteiger partial charge in [-0.2, -0.15) is 0 Å². The van der Waals surface area contributed by atoms with Gasteiger partial charge in [0.2, 0.25) is 82.7 Å². The lowest BCUT2D eigenvalue weighted by Gasteiger charge is -2.30. The fourth-order valence-corrected chi connectivity index (χ4v) is 11.1. The van der Waals surface area contributed by atoms with Gasteiger partial charge >= 0.3 is 0 Å². The molecule has 14 amide bonds. The van der Waals surface area contributed by atoms with Crippen LogP contribution in [-0.4, -0.2) is 230 Å². The smallest absolute Gasteiger partial charge is 0.245 e. The van der Waals surface area contributed by atoms with Crippen molar-refractivity contribution in [3.8, 4) is 0 Å². The number of aliphatic imine (C=N–C) groups is 1. The molecule has 0 unspecified atom stereocenters. The minimum atomic E-state index is -1.73. The molecule has 0 aromatic rings. The molecule has 0 saturated carbocycles. The van der Waals surface area contributed by atoms with E-state index >= 15 is 0 Å². The Bertz CT molecular complexity index is 2850. The van der Waals surface area contributed by atoms with Crippen LogP contribution in [-0.2, 0) is 67.1 Å². The molecule has 0 heterocycles. The van der Waals surface area contributed by atoms with Crippen molar-refractivity contribution in [2.45, 2.75) is 270 Å². The van der Waals surface area contributed by atoms with Crippen LogP contribution in [0.2, 0.25) is 0 Å². The van der Waals surface area contributed by atoms with Crippen molar-refractivity contribution in [3.63, 3.8) is 0 Å². The number of carbonyl (C=O) groups is 14. The summed E-state index contributed by atoms with van der Waals surface area (Å²) in [6, 6.07) is -15.9. The number of aliphatic hydroxyl groups is 2. The van der Waals surface area contributed by atoms with Gasteiger partial charge in [-0.05, 0) is 159 Å². The maximum Gasteiger partial charge on any atom is 0.245 e. The zero-order valence-electron chi connectivity index (χ0n) is 65.5. The van der Waals surface area contributed by atoms with E-state index in [9.17, 15) is 77.3 Å². The summed E-state index contributed by atoms with van der Waals surface area (Å²) in [5, 5.41) is 54.7. The molecule has 0 radical (unpaired) electrons. The molecular weight excluding hydrogens is 1400 g/mol. The van der Waals surface area contributed by atoms with Gasteiger partial charge in [-0.3, -0.25) is 72.1 Å². The predicted octanol–water partition coefficient (Wildman–Crippen LogP) is -5.85. The molecule has 0 aromatic heterocycles. The second kappa shape index (κ2) is 55.0. The first kappa shape index (κ1) is 99.6. The quantitative estimate of drug-likeness (QED) is 0.0153. The van der Waals surface area contributed by atoms with Crippen molar-refractivity contribution in [1.29, 1.82) is 0 Å². The fraction of sp³-hybridized carbons (Fsp3) is 0.786. The van der Waals surface area contributed by atoms with Crippen molar-refractivity contribution in [2.75, 3.05) is 52.4 Å². The van der Waals surface area contributed by atoms with Crippen LogP contribution in [0.25, 0.3) is 0 Å². The standard InChI is InChI=1S/C70H134N22O16/c1-12-41(9)55(90-59(98)44(75)23-14-18-28-71)68(107)86-49(33-38(3)4)60(99)80-36-53(96)89-54(40(7)8)67(106)88-51(37-93)65(104)85-47(26-17-21-31-74)62(101)84-48(27-22-32-79-70(77)78)63(102)91-56(42(10)13-2)69(108)87-50(34-39(5)6)64(103)92-57(43(11)94)66(105)81-35-52(95)82-46(25-16-20-30-73)61(100)83-45(58(76)97)24-15-19-29-72/h38-51,54-57,93-94H,12-37,71-75H2,1-11H3,(H2,76,97)(H,80,99)(H,81,105)(H,82,95)(H,83,100)(H,84,101)(H,85,104)(H,86,107)(H,87,108)(H,88,106)(H,89,96)(H,90,98)(H,91,102)(H,92,103)(H4,77,78,79)/t41-,42-,43+,44-,45-,46-,47-,48-,49-,50-,51-,54-,55-,56-,57-/m0/s1. The average Bonchev–Trinajstić information content (AvgIpc) is 0.836. The molecular formula is C70H134N22O16. The van der Waals surface area contributed by atoms with Gasteiger partial charge in [0.25, 0.3) is 0 Å². The number of guanidine groups is 1. The number of nitrogens with one attached hydrogen (secondary N) is 13. The lowest BCUT2D eigenvalue weighted by Crippen LogP contribution is -2.62. The Hall–Kier alpha value is -8.43. The van der Waals surface area contributed by atoms with Crippen LogP contribution in [0.5, 0.6) is 0 Å². The summed E-state index contributed by atoms with van der Waals surface area (Å²) < 4.78 is 0. The molecule has 0 aliphatic heterocycles. The Morgan fingerprint density at radius 2 is 0.704 bits per heavy atom. The number of rotatable bonds is 58. The van der Waals surface area contributed by atoms with Gasteiger partial charge < -0.3 is 125 Å². The highest BCUT2D eigenvalue weighted by molar-refractivity contribution is 6.00. The van der Waals surface area contributed by atoms with Gasteiger partial charge in [0.1, 0.15) is 66.5 Å². The normalized spacial score (nSPS) is 15.5. The highest BCUT2D eigenvalue weighted by Gasteiger charge is 2.38. The van der Waals surface area contributed by atoms with Crippen LogP contribution in [0.15, 0.2) is 4.99 Å². The first-order valence-corrected chi connectivity index (χ1v) is 38.0. The summed E-state index contributed by atoms with van der Waals surface area (Å²) in [5.74, 6) is -14.1. The fourth-order valence-electron chi connectivity index (χ4n) is 11.1. The van der Waals surface area contributed by atoms with E-state index in [0.717, 1.165) is 0 Å². The molecule has 0 saturated heterocycles. The molecule has 108 heavy (non-hydrogen) atoms. The molecule has 0 aliphatic carbocycles. The first-order valence-electron chi connectivity index (χ1n) is 38.0. The van der Waals surface area contributed by atoms with Crippen LogP contribution in [0.3, 0.4) is 0 Å². The molecule has 0 spiro atoms. The van der Waals surface area contributed by atoms with Gasteiger partial charge in [0, 0.05) is 6.54 Å². The van der Waals surface area contributed by atoms with Crippen molar-refractivity contribution in [1.82, 2.24) is 69.1 Å². The van der Waals surface area contributed by atoms with Crippen molar-refractivity contribution in [2.24, 2.45) is 80.5 Å². The topological polar surface area (TPSA) is 656 Å². The van der Waals surface area contributed by atoms with Gasteiger partial charge in [0.05, 0.1) is 31.8 Å². The zero-order valence-corrected chi connectivity index (χ0v) is 65.5. The Morgan fingerprint density at radius 3 is 1.12 bits per heavy atom. The number of hydrogen-bond acceptors (Lipinski definition) is 22. The second-order valence-corrected chi connectivity index (χ2v) is 28.7. The SMILES string of the molecule is CC[C@H](C)[C@H](NC(=O)[C@H](CCCN=C(N)N)NC(=O)[C@H](CCCCN)NC(=O)[C@H](CO)NC(=O)[C@@H](NC(=O)CNC(=O)[C@H](CC(C)C)NC(=O)[C@@H](NC(=O)[C@@H](N)CCCCN)[C@@H](C)CC)C(C)C)C(=O)N[C@@H](CC(C)C)C(=O)N[C@H](C(=O)NCC(=O)N[C@@H](CCCCN)C(=O)N[C@@H](CCCCN)C(N)=O)[C@@H](C)O. The van der Waals surface area contributed by atoms with E-state index in [2.05, 4.69) is 74.1 Å². The monoisotopic (exact) mass is 1540 g/mol. The van der Waals surface area contributed by atoms with Crippen molar-refractivity contribution >= 4 is 88.7 Å². The van der Waals surface area contributed by atoms with Crippen LogP contribution >= 0.6 is 0 Å². The van der Waals surface area contributed by atoms with E-state index in [1.807, 2.05) is 20.8 Å². The Balaban J connectivity index is 6.74. The largest absolute Gasteiger partial charge is 0.394 e. The molecule has 38 nitrogen and oxygen atoms in total. The van der Waals surface area contributed by atoms with Gasteiger partial charge in [-0.1, -0.05) is 88.5 Å². The number of carbonyl (C=O) groups excluding carboxylic acids is 14. The third-order valence-electron chi connectivity index (χ3n) is 17.9. The summed E-state index contributed by atoms with van der Waals surface area (Å²) in [6.07, 6.45) is 3.62. The minimum Gasteiger partial charge on any atom is -0.394 e. The molecule has 0 aliphatic rings. The predicted molar refractivity (Wildman–Crippen MR) is 407 cm³/mol. The summed E-state index contributed by atoms with van der Waals surface area (Å²) in [5.41, 5.74) is 45.4. The van der Waals surface area contributed by atoms with E-state index in [-0.39, 0.29) is 94.6 Å². The number of nitrogens with two attached hydrogens (primary N) is 8. The van der Waals surface area contributed by atoms with E-state index < -0.39 is 193 Å². The second-order valence-electron chi connectivity index (χ2n) is 28.7. The maximum atomic E-state index is 14.6. The molecule has 620 valence electrons. The average molecular weight is 1540 g/mol. The number of aliphatic hydroxyl groups excluding tert-OH is 2. The molecule has 0 aromatic carbocycles. The summed E-state index contributed by atoms with van der Waals surface area (Å²) in [6.45, 7) is 17.3. The van der Waals surface area contributed by atoms with Crippen molar-refractivity contribution < 1.29 is 77.3 Å². The Morgan fingerprint density at radius 1 is 0.361 bits per heavy atom. The molecule has 0 bridgehead atoms. The molecule has 38 heteroatoms. The summed E-state index contributed by atoms with van der Waals surface area (Å²) in [4.78, 5) is 196. The molecule has 31 N–H and O–H groups in total. The van der Waals surface area contributed by atoms with Crippen LogP contribution in [0.4, 0.5) is 0 Å². The summed E-state index contributed by atoms with van der Waals surface area (Å²) in [7, 11) is 0. The zero-order chi connectivity index (χ0) is 82.3. The number of unbranched alkanes of at least 4 members (excludes halogenated alkanes) is 4. The third-order valence-corrected chi connectivity index (χ3v) is 17.9. The van der Waals surface area contributed by atoms with Crippen molar-refractivity contribution in [3.05, 3.63) is 0 Å². The number of amides is 14. The van der Waals surface area contributed by atoms with Crippen LogP contribution in [0, 0.1) is 29.6 Å². The number of nitrogens with zero attached hydrogens (tertiary/aromatic N) is 1. The molecule has 15 atom stereocenters. The van der Waals surface area contributed by atoms with Gasteiger partial charge in [0.15, 0.2) is 5.96 Å². The maximum absolute atomic E-state index is 14.6. The van der Waals surface area contributed by atoms with E-state index in [1.165, 1.54) is 6.92 Å². The van der Waals surface area contributed by atoms with Crippen LogP contribution in [0.1, 0.15) is 192 Å². The molecule has 0 fully saturated rings.